The van der Waals surface area contributed by atoms with Crippen molar-refractivity contribution in [2.75, 3.05) is 12.2 Å². The summed E-state index contributed by atoms with van der Waals surface area (Å²) < 4.78 is 0. The number of rotatable bonds is 4. The van der Waals surface area contributed by atoms with E-state index >= 15 is 0 Å². The molecule has 4 saturated carbocycles. The maximum atomic E-state index is 2.61. The molecule has 1 aromatic rings. The van der Waals surface area contributed by atoms with Crippen LogP contribution in [-0.2, 0) is 0 Å². The zero-order chi connectivity index (χ0) is 13.6. The van der Waals surface area contributed by atoms with E-state index in [1.165, 1.54) is 10.4 Å². The van der Waals surface area contributed by atoms with E-state index in [0.29, 0.717) is 0 Å². The second-order valence-corrected chi connectivity index (χ2v) is 11.6. The predicted octanol–water partition coefficient (Wildman–Crippen LogP) is 5.82. The van der Waals surface area contributed by atoms with Crippen LogP contribution in [0.2, 0.25) is 0 Å². The highest BCUT2D eigenvalue weighted by Gasteiger charge is 2.52. The minimum atomic E-state index is 0.185. The van der Waals surface area contributed by atoms with Crippen molar-refractivity contribution in [3.05, 3.63) is 30.3 Å². The van der Waals surface area contributed by atoms with Crippen LogP contribution in [0.25, 0.3) is 0 Å². The fourth-order valence-electron chi connectivity index (χ4n) is 5.36. The smallest absolute Gasteiger partial charge is 0.0186 e. The molecule has 0 heterocycles. The van der Waals surface area contributed by atoms with E-state index in [9.17, 15) is 0 Å². The summed E-state index contributed by atoms with van der Waals surface area (Å²) in [4.78, 5) is 1.46. The van der Waals surface area contributed by atoms with Crippen LogP contribution in [-0.4, -0.2) is 17.3 Å². The molecule has 0 radical (unpaired) electrons. The number of thioether (sulfide) groups is 1. The molecule has 0 N–H and O–H groups in total. The van der Waals surface area contributed by atoms with Crippen LogP contribution in [0.4, 0.5) is 0 Å². The Balaban J connectivity index is 1.44. The van der Waals surface area contributed by atoms with Crippen molar-refractivity contribution in [3.8, 4) is 0 Å². The first kappa shape index (κ1) is 13.6. The van der Waals surface area contributed by atoms with E-state index in [0.717, 1.165) is 22.9 Å². The highest BCUT2D eigenvalue weighted by atomic mass is 32.2. The molecule has 108 valence electrons. The average Bonchev–Trinajstić information content (AvgIpc) is 2.44. The average molecular weight is 304 g/mol. The molecule has 0 spiro atoms. The predicted molar refractivity (Wildman–Crippen MR) is 90.9 cm³/mol. The quantitative estimate of drug-likeness (QED) is 0.499. The molecule has 4 aliphatic carbocycles. The van der Waals surface area contributed by atoms with Gasteiger partial charge in [-0.3, -0.25) is 0 Å². The van der Waals surface area contributed by atoms with Crippen molar-refractivity contribution in [2.45, 2.75) is 48.6 Å². The SMILES string of the molecule is CP(CSc1ccccc1)C12CC3CC(CC(C3)C1)C2. The Morgan fingerprint density at radius 2 is 1.55 bits per heavy atom. The molecule has 0 saturated heterocycles. The zero-order valence-electron chi connectivity index (χ0n) is 12.4. The second-order valence-electron chi connectivity index (χ2n) is 7.43. The molecule has 1 unspecified atom stereocenters. The van der Waals surface area contributed by atoms with Crippen molar-refractivity contribution in [1.29, 1.82) is 0 Å². The van der Waals surface area contributed by atoms with Gasteiger partial charge in [0.1, 0.15) is 0 Å². The molecule has 0 amide bonds. The van der Waals surface area contributed by atoms with Gasteiger partial charge in [-0.25, -0.2) is 0 Å². The third-order valence-electron chi connectivity index (χ3n) is 5.98. The van der Waals surface area contributed by atoms with E-state index in [-0.39, 0.29) is 7.92 Å². The highest BCUT2D eigenvalue weighted by molar-refractivity contribution is 8.05. The first-order valence-corrected chi connectivity index (χ1v) is 11.1. The van der Waals surface area contributed by atoms with Gasteiger partial charge in [-0.15, -0.1) is 11.8 Å². The fraction of sp³-hybridized carbons (Fsp3) is 0.667. The Bertz CT molecular complexity index is 434. The molecule has 4 bridgehead atoms. The minimum Gasteiger partial charge on any atom is -0.121 e. The van der Waals surface area contributed by atoms with E-state index in [1.54, 1.807) is 38.5 Å². The van der Waals surface area contributed by atoms with Gasteiger partial charge in [0.2, 0.25) is 0 Å². The zero-order valence-corrected chi connectivity index (χ0v) is 14.1. The molecule has 2 heteroatoms. The summed E-state index contributed by atoms with van der Waals surface area (Å²) in [6.07, 6.45) is 9.47. The van der Waals surface area contributed by atoms with Gasteiger partial charge in [-0.2, -0.15) is 0 Å². The van der Waals surface area contributed by atoms with Gasteiger partial charge in [0, 0.05) is 10.4 Å². The minimum absolute atomic E-state index is 0.185. The number of benzene rings is 1. The number of hydrogen-bond acceptors (Lipinski definition) is 1. The van der Waals surface area contributed by atoms with Crippen molar-refractivity contribution in [2.24, 2.45) is 17.8 Å². The lowest BCUT2D eigenvalue weighted by atomic mass is 9.56. The Morgan fingerprint density at radius 1 is 1.00 bits per heavy atom. The standard InChI is InChI=1S/C18H25PS/c1-19(13-20-17-5-3-2-4-6-17)18-10-14-7-15(11-18)9-16(8-14)12-18/h2-6,14-16H,7-13H2,1H3. The van der Waals surface area contributed by atoms with E-state index in [1.807, 2.05) is 0 Å². The molecule has 4 aliphatic rings. The molecule has 1 atom stereocenters. The summed E-state index contributed by atoms with van der Waals surface area (Å²) >= 11 is 2.11. The molecule has 0 nitrogen and oxygen atoms in total. The van der Waals surface area contributed by atoms with Crippen molar-refractivity contribution in [1.82, 2.24) is 0 Å². The lowest BCUT2D eigenvalue weighted by Gasteiger charge is -2.59. The summed E-state index contributed by atoms with van der Waals surface area (Å²) in [5.41, 5.74) is 1.38. The van der Waals surface area contributed by atoms with Crippen molar-refractivity contribution >= 4 is 19.7 Å². The van der Waals surface area contributed by atoms with Gasteiger partial charge < -0.3 is 0 Å². The Kier molecular flexibility index (Phi) is 3.63. The van der Waals surface area contributed by atoms with E-state index < -0.39 is 0 Å². The molecule has 5 rings (SSSR count). The largest absolute Gasteiger partial charge is 0.121 e. The monoisotopic (exact) mass is 304 g/mol. The normalized spacial score (nSPS) is 40.0. The van der Waals surface area contributed by atoms with Crippen LogP contribution in [0, 0.1) is 17.8 Å². The lowest BCUT2D eigenvalue weighted by molar-refractivity contribution is 0.0359. The van der Waals surface area contributed by atoms with Gasteiger partial charge >= 0.3 is 0 Å². The van der Waals surface area contributed by atoms with E-state index in [4.69, 9.17) is 0 Å². The second kappa shape index (κ2) is 5.33. The van der Waals surface area contributed by atoms with E-state index in [2.05, 4.69) is 48.8 Å². The van der Waals surface area contributed by atoms with Crippen LogP contribution in [0.3, 0.4) is 0 Å². The van der Waals surface area contributed by atoms with Crippen LogP contribution in [0.1, 0.15) is 38.5 Å². The van der Waals surface area contributed by atoms with Crippen molar-refractivity contribution in [3.63, 3.8) is 0 Å². The van der Waals surface area contributed by atoms with Crippen LogP contribution in [0.5, 0.6) is 0 Å². The summed E-state index contributed by atoms with van der Waals surface area (Å²) in [7, 11) is 0.185. The van der Waals surface area contributed by atoms with Gasteiger partial charge in [0.05, 0.1) is 0 Å². The Morgan fingerprint density at radius 3 is 2.10 bits per heavy atom. The first-order valence-electron chi connectivity index (χ1n) is 8.13. The fourth-order valence-corrected chi connectivity index (χ4v) is 9.88. The number of hydrogen-bond donors (Lipinski definition) is 0. The Hall–Kier alpha value is 0. The molecule has 0 aromatic heterocycles. The summed E-state index contributed by atoms with van der Waals surface area (Å²) in [6, 6.07) is 11.0. The molecule has 0 aliphatic heterocycles. The van der Waals surface area contributed by atoms with Gasteiger partial charge in [-0.05, 0) is 80.2 Å². The lowest BCUT2D eigenvalue weighted by Crippen LogP contribution is -2.49. The highest BCUT2D eigenvalue weighted by Crippen LogP contribution is 2.68. The maximum Gasteiger partial charge on any atom is 0.0186 e. The molecule has 4 fully saturated rings. The first-order chi connectivity index (χ1) is 9.73. The molecule has 1 aromatic carbocycles. The van der Waals surface area contributed by atoms with Gasteiger partial charge in [-0.1, -0.05) is 26.1 Å². The molecular weight excluding hydrogens is 279 g/mol. The van der Waals surface area contributed by atoms with Crippen LogP contribution >= 0.6 is 19.7 Å². The Labute approximate surface area is 128 Å². The molecular formula is C18H25PS. The third-order valence-corrected chi connectivity index (χ3v) is 10.8. The summed E-state index contributed by atoms with van der Waals surface area (Å²) in [5, 5.41) is 0.784. The third kappa shape index (κ3) is 2.46. The summed E-state index contributed by atoms with van der Waals surface area (Å²) in [6.45, 7) is 2.61. The van der Waals surface area contributed by atoms with Gasteiger partial charge in [0.25, 0.3) is 0 Å². The summed E-state index contributed by atoms with van der Waals surface area (Å²) in [5.74, 6) is 3.31. The molecule has 20 heavy (non-hydrogen) atoms. The topological polar surface area (TPSA) is 0 Å². The van der Waals surface area contributed by atoms with Crippen molar-refractivity contribution < 1.29 is 0 Å². The van der Waals surface area contributed by atoms with Crippen LogP contribution < -0.4 is 0 Å². The maximum absolute atomic E-state index is 2.61. The van der Waals surface area contributed by atoms with Crippen LogP contribution in [0.15, 0.2) is 35.2 Å². The van der Waals surface area contributed by atoms with Gasteiger partial charge in [0.15, 0.2) is 0 Å².